The Kier molecular flexibility index (Phi) is 5.93. The quantitative estimate of drug-likeness (QED) is 0.557. The average molecular weight is 332 g/mol. The molecule has 3 amide bonds. The van der Waals surface area contributed by atoms with Crippen LogP contribution >= 0.6 is 11.6 Å². The van der Waals surface area contributed by atoms with Crippen LogP contribution in [0.2, 0.25) is 5.02 Å². The van der Waals surface area contributed by atoms with Crippen LogP contribution in [0.3, 0.4) is 0 Å². The number of urea groups is 1. The zero-order valence-corrected chi connectivity index (χ0v) is 12.6. The summed E-state index contributed by atoms with van der Waals surface area (Å²) in [5.74, 6) is -2.22. The molecule has 0 heterocycles. The Balaban J connectivity index is 3.23. The van der Waals surface area contributed by atoms with E-state index in [0.717, 1.165) is 6.07 Å². The van der Waals surface area contributed by atoms with Crippen molar-refractivity contribution < 1.29 is 24.4 Å². The first-order valence-electron chi connectivity index (χ1n) is 6.16. The van der Waals surface area contributed by atoms with Crippen LogP contribution < -0.4 is 15.4 Å². The van der Waals surface area contributed by atoms with Crippen molar-refractivity contribution in [2.24, 2.45) is 0 Å². The van der Waals surface area contributed by atoms with Crippen molar-refractivity contribution >= 4 is 29.2 Å². The van der Waals surface area contributed by atoms with Gasteiger partial charge in [0.15, 0.2) is 5.75 Å². The molecule has 0 radical (unpaired) electrons. The van der Waals surface area contributed by atoms with Gasteiger partial charge in [-0.1, -0.05) is 18.5 Å². The molecule has 0 aromatic heterocycles. The molecule has 0 aliphatic heterocycles. The molecule has 3 N–H and O–H groups in total. The Hall–Kier alpha value is -2.55. The second kappa shape index (κ2) is 7.46. The zero-order valence-electron chi connectivity index (χ0n) is 11.8. The molecule has 1 aromatic carbocycles. The van der Waals surface area contributed by atoms with Gasteiger partial charge >= 0.3 is 11.7 Å². The van der Waals surface area contributed by atoms with E-state index in [1.807, 2.05) is 12.2 Å². The van der Waals surface area contributed by atoms with E-state index in [1.54, 1.807) is 0 Å². The molecule has 0 saturated carbocycles. The smallest absolute Gasteiger partial charge is 0.328 e. The summed E-state index contributed by atoms with van der Waals surface area (Å²) < 4.78 is 4.74. The fourth-order valence-corrected chi connectivity index (χ4v) is 1.88. The second-order valence-corrected chi connectivity index (χ2v) is 4.51. The maximum Gasteiger partial charge on any atom is 0.328 e. The summed E-state index contributed by atoms with van der Waals surface area (Å²) in [4.78, 5) is 33.5. The molecule has 0 fully saturated rings. The highest BCUT2D eigenvalue weighted by molar-refractivity contribution is 6.35. The number of carbonyl (C=O) groups excluding carboxylic acids is 2. The van der Waals surface area contributed by atoms with E-state index < -0.39 is 33.9 Å². The number of hydrogen-bond acceptors (Lipinski definition) is 6. The summed E-state index contributed by atoms with van der Waals surface area (Å²) in [5, 5.41) is 24.8. The first kappa shape index (κ1) is 17.5. The van der Waals surface area contributed by atoms with Crippen molar-refractivity contribution in [1.82, 2.24) is 10.6 Å². The van der Waals surface area contributed by atoms with Crippen LogP contribution in [0.5, 0.6) is 11.5 Å². The fraction of sp³-hybridized carbons (Fsp3) is 0.333. The zero-order chi connectivity index (χ0) is 16.9. The highest BCUT2D eigenvalue weighted by Gasteiger charge is 2.32. The third-order valence-corrected chi connectivity index (χ3v) is 2.88. The van der Waals surface area contributed by atoms with Gasteiger partial charge in [-0.15, -0.1) is 0 Å². The van der Waals surface area contributed by atoms with E-state index >= 15 is 0 Å². The van der Waals surface area contributed by atoms with E-state index in [0.29, 0.717) is 13.0 Å². The molecule has 9 nitrogen and oxygen atoms in total. The molecular weight excluding hydrogens is 318 g/mol. The minimum absolute atomic E-state index is 0.260. The third kappa shape index (κ3) is 3.76. The highest BCUT2D eigenvalue weighted by Crippen LogP contribution is 2.42. The lowest BCUT2D eigenvalue weighted by molar-refractivity contribution is -0.386. The third-order valence-electron chi connectivity index (χ3n) is 2.58. The van der Waals surface area contributed by atoms with Gasteiger partial charge in [-0.05, 0) is 6.42 Å². The van der Waals surface area contributed by atoms with Gasteiger partial charge in [0.1, 0.15) is 5.56 Å². The maximum absolute atomic E-state index is 12.0. The van der Waals surface area contributed by atoms with E-state index in [9.17, 15) is 24.8 Å². The first-order chi connectivity index (χ1) is 10.3. The number of nitro groups is 1. The summed E-state index contributed by atoms with van der Waals surface area (Å²) in [6.45, 7) is 2.13. The number of amides is 3. The van der Waals surface area contributed by atoms with Crippen molar-refractivity contribution in [3.05, 3.63) is 26.8 Å². The van der Waals surface area contributed by atoms with Gasteiger partial charge in [-0.25, -0.2) is 4.79 Å². The van der Waals surface area contributed by atoms with Crippen LogP contribution in [-0.4, -0.2) is 35.6 Å². The normalized spacial score (nSPS) is 9.95. The number of phenolic OH excluding ortho intramolecular Hbond substituents is 1. The lowest BCUT2D eigenvalue weighted by atomic mass is 10.1. The van der Waals surface area contributed by atoms with Crippen LogP contribution in [0, 0.1) is 10.1 Å². The average Bonchev–Trinajstić information content (AvgIpc) is 2.45. The molecule has 0 aliphatic carbocycles. The van der Waals surface area contributed by atoms with Gasteiger partial charge in [0.2, 0.25) is 5.75 Å². The number of carbonyl (C=O) groups is 2. The van der Waals surface area contributed by atoms with Crippen molar-refractivity contribution in [3.63, 3.8) is 0 Å². The Morgan fingerprint density at radius 1 is 1.50 bits per heavy atom. The summed E-state index contributed by atoms with van der Waals surface area (Å²) in [6, 6.07) is 0.218. The molecule has 0 unspecified atom stereocenters. The number of nitrogens with zero attached hydrogens (tertiary/aromatic N) is 1. The van der Waals surface area contributed by atoms with Gasteiger partial charge in [0.05, 0.1) is 17.1 Å². The molecule has 1 aromatic rings. The minimum atomic E-state index is -1.11. The number of halogens is 1. The molecule has 0 atom stereocenters. The molecule has 22 heavy (non-hydrogen) atoms. The van der Waals surface area contributed by atoms with Gasteiger partial charge in [-0.2, -0.15) is 0 Å². The largest absolute Gasteiger partial charge is 0.499 e. The van der Waals surface area contributed by atoms with Gasteiger partial charge in [0.25, 0.3) is 5.91 Å². The van der Waals surface area contributed by atoms with Gasteiger partial charge < -0.3 is 15.2 Å². The van der Waals surface area contributed by atoms with Crippen molar-refractivity contribution in [1.29, 1.82) is 0 Å². The van der Waals surface area contributed by atoms with E-state index in [1.165, 1.54) is 7.11 Å². The van der Waals surface area contributed by atoms with Crippen molar-refractivity contribution in [3.8, 4) is 11.5 Å². The molecule has 0 saturated heterocycles. The van der Waals surface area contributed by atoms with E-state index in [-0.39, 0.29) is 10.8 Å². The van der Waals surface area contributed by atoms with Crippen LogP contribution in [-0.2, 0) is 0 Å². The SMILES string of the molecule is CCCNC(=O)NC(=O)c1c(Cl)cc(OC)c(O)c1[N+](=O)[O-]. The lowest BCUT2D eigenvalue weighted by Gasteiger charge is -2.10. The van der Waals surface area contributed by atoms with Crippen molar-refractivity contribution in [2.75, 3.05) is 13.7 Å². The minimum Gasteiger partial charge on any atom is -0.499 e. The fourth-order valence-electron chi connectivity index (χ4n) is 1.60. The summed E-state index contributed by atoms with van der Waals surface area (Å²) in [7, 11) is 1.17. The Morgan fingerprint density at radius 3 is 2.64 bits per heavy atom. The van der Waals surface area contributed by atoms with Crippen LogP contribution in [0.4, 0.5) is 10.5 Å². The number of ether oxygens (including phenoxy) is 1. The number of aromatic hydroxyl groups is 1. The number of nitrogens with one attached hydrogen (secondary N) is 2. The summed E-state index contributed by atoms with van der Waals surface area (Å²) >= 11 is 5.82. The summed E-state index contributed by atoms with van der Waals surface area (Å²) in [5.41, 5.74) is -1.57. The van der Waals surface area contributed by atoms with Gasteiger partial charge in [-0.3, -0.25) is 20.2 Å². The van der Waals surface area contributed by atoms with E-state index in [4.69, 9.17) is 16.3 Å². The molecular formula is C12H14ClN3O6. The Bertz CT molecular complexity index is 619. The number of methoxy groups -OCH3 is 1. The Labute approximate surface area is 130 Å². The van der Waals surface area contributed by atoms with Crippen LogP contribution in [0.1, 0.15) is 23.7 Å². The second-order valence-electron chi connectivity index (χ2n) is 4.10. The molecule has 10 heteroatoms. The number of imide groups is 1. The molecule has 1 rings (SSSR count). The number of nitro benzene ring substituents is 1. The predicted molar refractivity (Wildman–Crippen MR) is 77.5 cm³/mol. The topological polar surface area (TPSA) is 131 Å². The maximum atomic E-state index is 12.0. The predicted octanol–water partition coefficient (Wildman–Crippen LogP) is 1.81. The highest BCUT2D eigenvalue weighted by atomic mass is 35.5. The van der Waals surface area contributed by atoms with Crippen LogP contribution in [0.15, 0.2) is 6.07 Å². The molecule has 0 aliphatic rings. The van der Waals surface area contributed by atoms with Crippen molar-refractivity contribution in [2.45, 2.75) is 13.3 Å². The molecule has 0 spiro atoms. The molecule has 120 valence electrons. The number of phenols is 1. The standard InChI is InChI=1S/C12H14ClN3O6/c1-3-4-14-12(19)15-11(18)8-6(13)5-7(22-2)10(17)9(8)16(20)21/h5,17H,3-4H2,1-2H3,(H2,14,15,18,19). The number of hydrogen-bond donors (Lipinski definition) is 3. The van der Waals surface area contributed by atoms with Gasteiger partial charge in [0, 0.05) is 12.6 Å². The number of benzene rings is 1. The molecule has 0 bridgehead atoms. The Morgan fingerprint density at radius 2 is 2.14 bits per heavy atom. The number of rotatable bonds is 5. The van der Waals surface area contributed by atoms with Crippen LogP contribution in [0.25, 0.3) is 0 Å². The lowest BCUT2D eigenvalue weighted by Crippen LogP contribution is -2.40. The monoisotopic (exact) mass is 331 g/mol. The summed E-state index contributed by atoms with van der Waals surface area (Å²) in [6.07, 6.45) is 0.645. The first-order valence-corrected chi connectivity index (χ1v) is 6.54. The van der Waals surface area contributed by atoms with E-state index in [2.05, 4.69) is 5.32 Å².